The van der Waals surface area contributed by atoms with Crippen molar-refractivity contribution < 1.29 is 0 Å². The Morgan fingerprint density at radius 1 is 1.22 bits per heavy atom. The second-order valence-corrected chi connectivity index (χ2v) is 5.52. The van der Waals surface area contributed by atoms with Gasteiger partial charge >= 0.3 is 0 Å². The summed E-state index contributed by atoms with van der Waals surface area (Å²) < 4.78 is 1.93. The minimum Gasteiger partial charge on any atom is -0.383 e. The van der Waals surface area contributed by atoms with Crippen LogP contribution in [0.3, 0.4) is 0 Å². The first-order chi connectivity index (χ1) is 8.30. The average molecular weight is 245 g/mol. The highest BCUT2D eigenvalue weighted by molar-refractivity contribution is 5.61. The van der Waals surface area contributed by atoms with Crippen LogP contribution in [0, 0.1) is 6.92 Å². The van der Waals surface area contributed by atoms with Gasteiger partial charge in [-0.2, -0.15) is 0 Å². The lowest BCUT2D eigenvalue weighted by Crippen LogP contribution is -2.18. The van der Waals surface area contributed by atoms with Crippen LogP contribution in [0.1, 0.15) is 32.2 Å². The van der Waals surface area contributed by atoms with Crippen LogP contribution in [0.15, 0.2) is 12.4 Å². The lowest BCUT2D eigenvalue weighted by atomic mass is 9.95. The Balaban J connectivity index is 2.68. The van der Waals surface area contributed by atoms with Crippen LogP contribution < -0.4 is 5.73 Å². The fourth-order valence-corrected chi connectivity index (χ4v) is 1.68. The van der Waals surface area contributed by atoms with Gasteiger partial charge in [0.2, 0.25) is 0 Å². The zero-order valence-corrected chi connectivity index (χ0v) is 11.5. The van der Waals surface area contributed by atoms with E-state index in [0.717, 1.165) is 22.9 Å². The van der Waals surface area contributed by atoms with Crippen molar-refractivity contribution in [3.63, 3.8) is 0 Å². The number of hydrogen-bond donors (Lipinski definition) is 1. The molecule has 2 rings (SSSR count). The molecule has 0 spiro atoms. The minimum absolute atomic E-state index is 0.137. The van der Waals surface area contributed by atoms with Crippen LogP contribution in [0.2, 0.25) is 0 Å². The molecule has 0 bridgehead atoms. The van der Waals surface area contributed by atoms with Crippen molar-refractivity contribution in [3.05, 3.63) is 23.8 Å². The number of hydrogen-bond acceptors (Lipinski definition) is 4. The van der Waals surface area contributed by atoms with E-state index in [-0.39, 0.29) is 5.41 Å². The molecule has 2 heterocycles. The summed E-state index contributed by atoms with van der Waals surface area (Å²) in [4.78, 5) is 13.3. The molecule has 0 atom stereocenters. The number of nitrogens with two attached hydrogens (primary N) is 1. The molecule has 2 aromatic heterocycles. The summed E-state index contributed by atoms with van der Waals surface area (Å²) in [6, 6.07) is 0. The number of nitrogen functional groups attached to an aromatic ring is 1. The molecule has 0 aliphatic heterocycles. The standard InChI is InChI=1S/C13H19N5/c1-8-9(11-15-6-7-18(11)5)16-12(13(2,3)4)17-10(8)14/h6-7H,1-5H3,(H2,14,16,17). The average Bonchev–Trinajstić information content (AvgIpc) is 2.67. The quantitative estimate of drug-likeness (QED) is 0.835. The third-order valence-electron chi connectivity index (χ3n) is 2.89. The van der Waals surface area contributed by atoms with Gasteiger partial charge in [0.1, 0.15) is 17.3 Å². The van der Waals surface area contributed by atoms with E-state index in [4.69, 9.17) is 5.73 Å². The fourth-order valence-electron chi connectivity index (χ4n) is 1.68. The number of rotatable bonds is 1. The maximum Gasteiger partial charge on any atom is 0.158 e. The summed E-state index contributed by atoms with van der Waals surface area (Å²) in [5.41, 5.74) is 7.53. The highest BCUT2D eigenvalue weighted by Gasteiger charge is 2.22. The largest absolute Gasteiger partial charge is 0.383 e. The first-order valence-electron chi connectivity index (χ1n) is 5.93. The van der Waals surface area contributed by atoms with Crippen LogP contribution in [-0.2, 0) is 12.5 Å². The summed E-state index contributed by atoms with van der Waals surface area (Å²) in [5.74, 6) is 2.07. The molecule has 96 valence electrons. The summed E-state index contributed by atoms with van der Waals surface area (Å²) >= 11 is 0. The highest BCUT2D eigenvalue weighted by atomic mass is 15.1. The summed E-state index contributed by atoms with van der Waals surface area (Å²) in [6.45, 7) is 8.13. The molecular formula is C13H19N5. The number of imidazole rings is 1. The molecule has 0 aliphatic rings. The molecule has 0 fully saturated rings. The van der Waals surface area contributed by atoms with E-state index in [1.54, 1.807) is 6.20 Å². The van der Waals surface area contributed by atoms with Gasteiger partial charge < -0.3 is 10.3 Å². The first kappa shape index (κ1) is 12.5. The van der Waals surface area contributed by atoms with Crippen molar-refractivity contribution in [2.75, 3.05) is 5.73 Å². The van der Waals surface area contributed by atoms with Crippen LogP contribution in [0.25, 0.3) is 11.5 Å². The first-order valence-corrected chi connectivity index (χ1v) is 5.93. The predicted octanol–water partition coefficient (Wildman–Crippen LogP) is 2.07. The highest BCUT2D eigenvalue weighted by Crippen LogP contribution is 2.27. The van der Waals surface area contributed by atoms with Crippen LogP contribution >= 0.6 is 0 Å². The maximum atomic E-state index is 5.99. The van der Waals surface area contributed by atoms with Crippen molar-refractivity contribution in [2.24, 2.45) is 7.05 Å². The molecule has 0 saturated heterocycles. The molecule has 5 nitrogen and oxygen atoms in total. The Bertz CT molecular complexity index is 578. The number of nitrogens with zero attached hydrogens (tertiary/aromatic N) is 4. The Labute approximate surface area is 107 Å². The van der Waals surface area contributed by atoms with Crippen LogP contribution in [-0.4, -0.2) is 19.5 Å². The second-order valence-electron chi connectivity index (χ2n) is 5.52. The fraction of sp³-hybridized carbons (Fsp3) is 0.462. The number of anilines is 1. The SMILES string of the molecule is Cc1c(N)nc(C(C)(C)C)nc1-c1nccn1C. The van der Waals surface area contributed by atoms with Gasteiger partial charge in [-0.25, -0.2) is 15.0 Å². The zero-order valence-electron chi connectivity index (χ0n) is 11.5. The molecule has 0 saturated carbocycles. The zero-order chi connectivity index (χ0) is 13.5. The number of aromatic nitrogens is 4. The molecule has 0 amide bonds. The van der Waals surface area contributed by atoms with Crippen molar-refractivity contribution in [3.8, 4) is 11.5 Å². The van der Waals surface area contributed by atoms with E-state index in [0.29, 0.717) is 5.82 Å². The lowest BCUT2D eigenvalue weighted by molar-refractivity contribution is 0.546. The van der Waals surface area contributed by atoms with Gasteiger partial charge in [0.25, 0.3) is 0 Å². The molecular weight excluding hydrogens is 226 g/mol. The topological polar surface area (TPSA) is 69.6 Å². The molecule has 0 radical (unpaired) electrons. The normalized spacial score (nSPS) is 11.8. The van der Waals surface area contributed by atoms with E-state index < -0.39 is 0 Å². The van der Waals surface area contributed by atoms with Gasteiger partial charge in [0.05, 0.1) is 0 Å². The monoisotopic (exact) mass is 245 g/mol. The van der Waals surface area contributed by atoms with E-state index in [2.05, 4.69) is 35.7 Å². The van der Waals surface area contributed by atoms with Crippen molar-refractivity contribution in [1.82, 2.24) is 19.5 Å². The molecule has 0 aliphatic carbocycles. The van der Waals surface area contributed by atoms with Crippen LogP contribution in [0.4, 0.5) is 5.82 Å². The van der Waals surface area contributed by atoms with E-state index in [1.165, 1.54) is 0 Å². The van der Waals surface area contributed by atoms with Gasteiger partial charge in [-0.15, -0.1) is 0 Å². The van der Waals surface area contributed by atoms with Gasteiger partial charge in [0, 0.05) is 30.4 Å². The molecule has 0 aromatic carbocycles. The molecule has 2 aromatic rings. The number of aryl methyl sites for hydroxylation is 1. The Hall–Kier alpha value is -1.91. The van der Waals surface area contributed by atoms with Crippen LogP contribution in [0.5, 0.6) is 0 Å². The summed E-state index contributed by atoms with van der Waals surface area (Å²) in [5, 5.41) is 0. The van der Waals surface area contributed by atoms with Gasteiger partial charge in [-0.1, -0.05) is 20.8 Å². The smallest absolute Gasteiger partial charge is 0.158 e. The Morgan fingerprint density at radius 2 is 1.89 bits per heavy atom. The minimum atomic E-state index is -0.137. The third-order valence-corrected chi connectivity index (χ3v) is 2.89. The summed E-state index contributed by atoms with van der Waals surface area (Å²) in [7, 11) is 1.94. The van der Waals surface area contributed by atoms with Crippen molar-refractivity contribution >= 4 is 5.82 Å². The molecule has 5 heteroatoms. The van der Waals surface area contributed by atoms with E-state index >= 15 is 0 Å². The van der Waals surface area contributed by atoms with Crippen molar-refractivity contribution in [2.45, 2.75) is 33.1 Å². The Morgan fingerprint density at radius 3 is 2.39 bits per heavy atom. The maximum absolute atomic E-state index is 5.99. The predicted molar refractivity (Wildman–Crippen MR) is 72.1 cm³/mol. The molecule has 2 N–H and O–H groups in total. The summed E-state index contributed by atoms with van der Waals surface area (Å²) in [6.07, 6.45) is 3.65. The lowest BCUT2D eigenvalue weighted by Gasteiger charge is -2.19. The Kier molecular flexibility index (Phi) is 2.84. The van der Waals surface area contributed by atoms with Crippen molar-refractivity contribution in [1.29, 1.82) is 0 Å². The van der Waals surface area contributed by atoms with Gasteiger partial charge in [-0.05, 0) is 6.92 Å². The third kappa shape index (κ3) is 2.08. The molecule has 18 heavy (non-hydrogen) atoms. The van der Waals surface area contributed by atoms with Gasteiger partial charge in [-0.3, -0.25) is 0 Å². The molecule has 0 unspecified atom stereocenters. The second kappa shape index (κ2) is 4.08. The van der Waals surface area contributed by atoms with E-state index in [1.807, 2.05) is 24.7 Å². The van der Waals surface area contributed by atoms with Gasteiger partial charge in [0.15, 0.2) is 5.82 Å². The van der Waals surface area contributed by atoms with E-state index in [9.17, 15) is 0 Å².